The molecule has 2 N–H and O–H groups in total. The van der Waals surface area contributed by atoms with Crippen molar-refractivity contribution in [2.75, 3.05) is 5.32 Å². The van der Waals surface area contributed by atoms with Gasteiger partial charge >= 0.3 is 0 Å². The van der Waals surface area contributed by atoms with Crippen molar-refractivity contribution in [2.45, 2.75) is 43.8 Å². The summed E-state index contributed by atoms with van der Waals surface area (Å²) in [6.07, 6.45) is 2.01. The van der Waals surface area contributed by atoms with E-state index in [2.05, 4.69) is 51.7 Å². The average Bonchev–Trinajstić information content (AvgIpc) is 3.30. The molecule has 0 atom stereocenters. The number of carbonyl (C=O) groups excluding carboxylic acids is 1. The zero-order valence-electron chi connectivity index (χ0n) is 19.1. The molecule has 2 aromatic carbocycles. The first-order chi connectivity index (χ1) is 15.8. The van der Waals surface area contributed by atoms with Crippen molar-refractivity contribution in [2.24, 2.45) is 0 Å². The van der Waals surface area contributed by atoms with E-state index in [1.807, 2.05) is 61.5 Å². The number of aromatic amines is 1. The third-order valence-electron chi connectivity index (χ3n) is 4.83. The third kappa shape index (κ3) is 5.84. The highest BCUT2D eigenvalue weighted by Crippen LogP contribution is 2.39. The van der Waals surface area contributed by atoms with E-state index in [4.69, 9.17) is 0 Å². The van der Waals surface area contributed by atoms with Crippen LogP contribution < -0.4 is 5.32 Å². The molecule has 0 aliphatic heterocycles. The molecule has 0 aliphatic carbocycles. The molecule has 2 heterocycles. The van der Waals surface area contributed by atoms with Gasteiger partial charge in [-0.05, 0) is 41.5 Å². The van der Waals surface area contributed by atoms with Crippen LogP contribution in [0.1, 0.15) is 31.9 Å². The van der Waals surface area contributed by atoms with Gasteiger partial charge < -0.3 is 5.32 Å². The summed E-state index contributed by atoms with van der Waals surface area (Å²) in [5.74, 6) is 0.361. The molecule has 168 valence electrons. The minimum atomic E-state index is -0.0589. The van der Waals surface area contributed by atoms with Crippen molar-refractivity contribution in [1.82, 2.24) is 25.6 Å². The lowest BCUT2D eigenvalue weighted by Gasteiger charge is -2.21. The highest BCUT2D eigenvalue weighted by molar-refractivity contribution is 8.00. The number of carbonyl (C=O) groups is 1. The number of aryl methyl sites for hydroxylation is 1. The average molecular weight is 459 g/mol. The zero-order valence-corrected chi connectivity index (χ0v) is 19.9. The molecule has 7 nitrogen and oxygen atoms in total. The normalized spacial score (nSPS) is 11.4. The number of benzene rings is 2. The first kappa shape index (κ1) is 22.7. The van der Waals surface area contributed by atoms with Gasteiger partial charge in [-0.25, -0.2) is 0 Å². The molecular weight excluding hydrogens is 432 g/mol. The Hall–Kier alpha value is -3.52. The molecule has 0 spiro atoms. The Morgan fingerprint density at radius 3 is 2.58 bits per heavy atom. The topological polar surface area (TPSA) is 96.5 Å². The number of aromatic nitrogens is 5. The standard InChI is InChI=1S/C25H26N6OS/c1-16-7-9-17(10-8-16)14-22(32)27-20-15-18(11-12-21(20)33-25(2,3)4)19-6-5-13-26-23(19)24-28-30-31-29-24/h5-13,15H,14H2,1-4H3,(H,27,32)(H,28,29,30,31). The zero-order chi connectivity index (χ0) is 23.4. The van der Waals surface area contributed by atoms with Gasteiger partial charge in [-0.3, -0.25) is 9.78 Å². The van der Waals surface area contributed by atoms with Gasteiger partial charge in [-0.1, -0.05) is 62.7 Å². The van der Waals surface area contributed by atoms with Crippen molar-refractivity contribution in [3.63, 3.8) is 0 Å². The fourth-order valence-electron chi connectivity index (χ4n) is 3.38. The lowest BCUT2D eigenvalue weighted by atomic mass is 10.0. The van der Waals surface area contributed by atoms with E-state index in [-0.39, 0.29) is 10.7 Å². The van der Waals surface area contributed by atoms with Crippen LogP contribution in [-0.2, 0) is 11.2 Å². The fraction of sp³-hybridized carbons (Fsp3) is 0.240. The van der Waals surface area contributed by atoms with Crippen molar-refractivity contribution in [3.8, 4) is 22.6 Å². The second-order valence-electron chi connectivity index (χ2n) is 8.77. The highest BCUT2D eigenvalue weighted by Gasteiger charge is 2.19. The predicted octanol–water partition coefficient (Wildman–Crippen LogP) is 5.31. The van der Waals surface area contributed by atoms with Gasteiger partial charge in [-0.15, -0.1) is 22.0 Å². The molecule has 1 amide bonds. The molecule has 33 heavy (non-hydrogen) atoms. The van der Waals surface area contributed by atoms with Gasteiger partial charge in [0, 0.05) is 21.4 Å². The molecule has 0 saturated carbocycles. The minimum absolute atomic E-state index is 0.0119. The largest absolute Gasteiger partial charge is 0.325 e. The molecule has 0 radical (unpaired) electrons. The highest BCUT2D eigenvalue weighted by atomic mass is 32.2. The lowest BCUT2D eigenvalue weighted by Crippen LogP contribution is -2.16. The van der Waals surface area contributed by atoms with Gasteiger partial charge in [0.1, 0.15) is 5.69 Å². The summed E-state index contributed by atoms with van der Waals surface area (Å²) >= 11 is 1.71. The molecule has 8 heteroatoms. The Bertz CT molecular complexity index is 1250. The number of anilines is 1. The summed E-state index contributed by atoms with van der Waals surface area (Å²) in [6.45, 7) is 8.49. The van der Waals surface area contributed by atoms with E-state index in [1.54, 1.807) is 18.0 Å². The quantitative estimate of drug-likeness (QED) is 0.380. The molecule has 2 aromatic heterocycles. The summed E-state index contributed by atoms with van der Waals surface area (Å²) < 4.78 is -0.0119. The van der Waals surface area contributed by atoms with E-state index in [0.717, 1.165) is 27.3 Å². The van der Waals surface area contributed by atoms with Crippen LogP contribution in [0.5, 0.6) is 0 Å². The Kier molecular flexibility index (Phi) is 6.55. The third-order valence-corrected chi connectivity index (χ3v) is 6.02. The number of hydrogen-bond acceptors (Lipinski definition) is 6. The Morgan fingerprint density at radius 2 is 1.88 bits per heavy atom. The maximum absolute atomic E-state index is 12.9. The van der Waals surface area contributed by atoms with Crippen molar-refractivity contribution < 1.29 is 4.79 Å². The molecule has 0 fully saturated rings. The fourth-order valence-corrected chi connectivity index (χ4v) is 4.39. The number of H-pyrrole nitrogens is 1. The second-order valence-corrected chi connectivity index (χ2v) is 10.6. The van der Waals surface area contributed by atoms with Crippen molar-refractivity contribution in [3.05, 3.63) is 71.9 Å². The monoisotopic (exact) mass is 458 g/mol. The summed E-state index contributed by atoms with van der Waals surface area (Å²) in [7, 11) is 0. The molecular formula is C25H26N6OS. The van der Waals surface area contributed by atoms with Crippen LogP contribution in [0.4, 0.5) is 5.69 Å². The van der Waals surface area contributed by atoms with Crippen molar-refractivity contribution in [1.29, 1.82) is 0 Å². The molecule has 0 saturated heterocycles. The van der Waals surface area contributed by atoms with E-state index < -0.39 is 0 Å². The van der Waals surface area contributed by atoms with E-state index in [0.29, 0.717) is 17.9 Å². The Balaban J connectivity index is 1.68. The summed E-state index contributed by atoms with van der Waals surface area (Å²) in [4.78, 5) is 18.4. The van der Waals surface area contributed by atoms with E-state index in [1.165, 1.54) is 5.56 Å². The number of tetrazole rings is 1. The number of rotatable bonds is 6. The predicted molar refractivity (Wildman–Crippen MR) is 132 cm³/mol. The summed E-state index contributed by atoms with van der Waals surface area (Å²) in [5.41, 5.74) is 5.31. The molecule has 4 aromatic rings. The van der Waals surface area contributed by atoms with Gasteiger partial charge in [0.15, 0.2) is 0 Å². The van der Waals surface area contributed by atoms with Crippen LogP contribution in [0.3, 0.4) is 0 Å². The van der Waals surface area contributed by atoms with Crippen LogP contribution >= 0.6 is 11.8 Å². The maximum atomic E-state index is 12.9. The van der Waals surface area contributed by atoms with E-state index >= 15 is 0 Å². The minimum Gasteiger partial charge on any atom is -0.325 e. The Labute approximate surface area is 197 Å². The maximum Gasteiger partial charge on any atom is 0.228 e. The van der Waals surface area contributed by atoms with Crippen LogP contribution in [0.25, 0.3) is 22.6 Å². The number of thioether (sulfide) groups is 1. The van der Waals surface area contributed by atoms with E-state index in [9.17, 15) is 4.79 Å². The van der Waals surface area contributed by atoms with Gasteiger partial charge in [0.2, 0.25) is 11.7 Å². The molecule has 0 bridgehead atoms. The van der Waals surface area contributed by atoms with Crippen LogP contribution in [-0.4, -0.2) is 36.3 Å². The van der Waals surface area contributed by atoms with Gasteiger partial charge in [-0.2, -0.15) is 5.21 Å². The van der Waals surface area contributed by atoms with Crippen LogP contribution in [0, 0.1) is 6.92 Å². The first-order valence-corrected chi connectivity index (χ1v) is 11.5. The lowest BCUT2D eigenvalue weighted by molar-refractivity contribution is -0.115. The summed E-state index contributed by atoms with van der Waals surface area (Å²) in [5, 5.41) is 17.4. The van der Waals surface area contributed by atoms with Gasteiger partial charge in [0.05, 0.1) is 12.1 Å². The van der Waals surface area contributed by atoms with Crippen molar-refractivity contribution >= 4 is 23.4 Å². The number of pyridine rings is 1. The number of amides is 1. The Morgan fingerprint density at radius 1 is 1.09 bits per heavy atom. The van der Waals surface area contributed by atoms with Crippen LogP contribution in [0.15, 0.2) is 65.7 Å². The second kappa shape index (κ2) is 9.54. The number of nitrogens with zero attached hydrogens (tertiary/aromatic N) is 4. The summed E-state index contributed by atoms with van der Waals surface area (Å²) in [6, 6.07) is 17.9. The number of nitrogens with one attached hydrogen (secondary N) is 2. The number of hydrogen-bond donors (Lipinski definition) is 2. The smallest absolute Gasteiger partial charge is 0.228 e. The first-order valence-electron chi connectivity index (χ1n) is 10.7. The van der Waals surface area contributed by atoms with Crippen LogP contribution in [0.2, 0.25) is 0 Å². The molecule has 4 rings (SSSR count). The molecule has 0 unspecified atom stereocenters. The SMILES string of the molecule is Cc1ccc(CC(=O)Nc2cc(-c3cccnc3-c3nn[nH]n3)ccc2SC(C)(C)C)cc1. The molecule has 0 aliphatic rings. The van der Waals surface area contributed by atoms with Gasteiger partial charge in [0.25, 0.3) is 0 Å².